The fourth-order valence-electron chi connectivity index (χ4n) is 1.39. The van der Waals surface area contributed by atoms with Crippen LogP contribution in [0, 0.1) is 0 Å². The lowest BCUT2D eigenvalue weighted by atomic mass is 10.3. The summed E-state index contributed by atoms with van der Waals surface area (Å²) in [5.41, 5.74) is 0.636. The molecule has 1 aromatic rings. The first kappa shape index (κ1) is 16.0. The van der Waals surface area contributed by atoms with Gasteiger partial charge in [-0.3, -0.25) is 4.79 Å². The minimum Gasteiger partial charge on any atom is -0.325 e. The van der Waals surface area contributed by atoms with Crippen LogP contribution in [-0.2, 0) is 4.79 Å². The van der Waals surface area contributed by atoms with Crippen molar-refractivity contribution in [1.29, 1.82) is 0 Å². The molecule has 0 spiro atoms. The predicted octanol–water partition coefficient (Wildman–Crippen LogP) is 3.32. The molecule has 0 aromatic heterocycles. The Kier molecular flexibility index (Phi) is 6.30. The lowest BCUT2D eigenvalue weighted by Gasteiger charge is -2.08. The SMILES string of the molecule is O=C(CNCCCC(F)(F)F)Nc1cccc(Br)c1. The normalized spacial score (nSPS) is 11.4. The molecule has 0 radical (unpaired) electrons. The maximum Gasteiger partial charge on any atom is 0.389 e. The first-order chi connectivity index (χ1) is 8.87. The topological polar surface area (TPSA) is 41.1 Å². The zero-order chi connectivity index (χ0) is 14.3. The molecule has 7 heteroatoms. The third-order valence-electron chi connectivity index (χ3n) is 2.21. The van der Waals surface area contributed by atoms with E-state index in [-0.39, 0.29) is 25.4 Å². The minimum atomic E-state index is -4.14. The van der Waals surface area contributed by atoms with Crippen molar-refractivity contribution >= 4 is 27.5 Å². The van der Waals surface area contributed by atoms with Crippen molar-refractivity contribution in [2.75, 3.05) is 18.4 Å². The summed E-state index contributed by atoms with van der Waals surface area (Å²) in [6, 6.07) is 7.06. The molecular weight excluding hydrogens is 325 g/mol. The zero-order valence-electron chi connectivity index (χ0n) is 10.1. The third kappa shape index (κ3) is 7.84. The van der Waals surface area contributed by atoms with Crippen LogP contribution in [0.25, 0.3) is 0 Å². The number of hydrogen-bond donors (Lipinski definition) is 2. The monoisotopic (exact) mass is 338 g/mol. The van der Waals surface area contributed by atoms with Crippen LogP contribution in [0.3, 0.4) is 0 Å². The molecule has 0 aliphatic carbocycles. The molecule has 0 aliphatic rings. The number of hydrogen-bond acceptors (Lipinski definition) is 2. The first-order valence-electron chi connectivity index (χ1n) is 5.70. The second-order valence-electron chi connectivity index (χ2n) is 3.95. The van der Waals surface area contributed by atoms with Gasteiger partial charge in [-0.25, -0.2) is 0 Å². The van der Waals surface area contributed by atoms with Crippen molar-refractivity contribution in [1.82, 2.24) is 5.32 Å². The van der Waals surface area contributed by atoms with Crippen molar-refractivity contribution in [2.24, 2.45) is 0 Å². The molecule has 1 aromatic carbocycles. The number of rotatable bonds is 6. The van der Waals surface area contributed by atoms with E-state index in [9.17, 15) is 18.0 Å². The number of halogens is 4. The Bertz CT molecular complexity index is 424. The van der Waals surface area contributed by atoms with E-state index in [4.69, 9.17) is 0 Å². The zero-order valence-corrected chi connectivity index (χ0v) is 11.6. The number of anilines is 1. The molecule has 106 valence electrons. The number of nitrogens with one attached hydrogen (secondary N) is 2. The Morgan fingerprint density at radius 3 is 2.68 bits per heavy atom. The highest BCUT2D eigenvalue weighted by atomic mass is 79.9. The van der Waals surface area contributed by atoms with Gasteiger partial charge in [-0.1, -0.05) is 22.0 Å². The molecule has 1 amide bonds. The summed E-state index contributed by atoms with van der Waals surface area (Å²) in [5.74, 6) is -0.287. The van der Waals surface area contributed by atoms with Crippen LogP contribution < -0.4 is 10.6 Å². The smallest absolute Gasteiger partial charge is 0.325 e. The summed E-state index contributed by atoms with van der Waals surface area (Å²) >= 11 is 3.27. The lowest BCUT2D eigenvalue weighted by Crippen LogP contribution is -2.29. The minimum absolute atomic E-state index is 0.00955. The van der Waals surface area contributed by atoms with E-state index in [1.165, 1.54) is 0 Å². The van der Waals surface area contributed by atoms with Gasteiger partial charge >= 0.3 is 6.18 Å². The lowest BCUT2D eigenvalue weighted by molar-refractivity contribution is -0.135. The Hall–Kier alpha value is -1.08. The summed E-state index contributed by atoms with van der Waals surface area (Å²) in [6.07, 6.45) is -5.01. The average Bonchev–Trinajstić information content (AvgIpc) is 2.26. The van der Waals surface area contributed by atoms with Gasteiger partial charge in [0.1, 0.15) is 0 Å². The Labute approximate surface area is 117 Å². The van der Waals surface area contributed by atoms with E-state index in [0.717, 1.165) is 4.47 Å². The summed E-state index contributed by atoms with van der Waals surface area (Å²) in [7, 11) is 0. The molecule has 1 rings (SSSR count). The van der Waals surface area contributed by atoms with Gasteiger partial charge in [0.15, 0.2) is 0 Å². The fourth-order valence-corrected chi connectivity index (χ4v) is 1.79. The molecule has 19 heavy (non-hydrogen) atoms. The number of amides is 1. The Morgan fingerprint density at radius 2 is 2.05 bits per heavy atom. The molecule has 0 saturated carbocycles. The number of alkyl halides is 3. The largest absolute Gasteiger partial charge is 0.389 e. The number of carbonyl (C=O) groups is 1. The second kappa shape index (κ2) is 7.49. The van der Waals surface area contributed by atoms with Crippen LogP contribution in [0.5, 0.6) is 0 Å². The van der Waals surface area contributed by atoms with E-state index < -0.39 is 12.6 Å². The van der Waals surface area contributed by atoms with Crippen molar-refractivity contribution in [2.45, 2.75) is 19.0 Å². The van der Waals surface area contributed by atoms with E-state index in [1.54, 1.807) is 18.2 Å². The van der Waals surface area contributed by atoms with Crippen LogP contribution >= 0.6 is 15.9 Å². The molecule has 0 heterocycles. The second-order valence-corrected chi connectivity index (χ2v) is 4.87. The van der Waals surface area contributed by atoms with Crippen LogP contribution in [-0.4, -0.2) is 25.2 Å². The highest BCUT2D eigenvalue weighted by molar-refractivity contribution is 9.10. The molecule has 0 unspecified atom stereocenters. The van der Waals surface area contributed by atoms with Gasteiger partial charge in [0.05, 0.1) is 6.54 Å². The summed E-state index contributed by atoms with van der Waals surface area (Å²) in [5, 5.41) is 5.31. The van der Waals surface area contributed by atoms with Crippen molar-refractivity contribution in [3.8, 4) is 0 Å². The van der Waals surface area contributed by atoms with Gasteiger partial charge in [-0.05, 0) is 31.2 Å². The highest BCUT2D eigenvalue weighted by Gasteiger charge is 2.25. The molecule has 0 fully saturated rings. The van der Waals surface area contributed by atoms with E-state index in [0.29, 0.717) is 5.69 Å². The maximum absolute atomic E-state index is 11.9. The molecule has 2 N–H and O–H groups in total. The fraction of sp³-hybridized carbons (Fsp3) is 0.417. The van der Waals surface area contributed by atoms with E-state index in [2.05, 4.69) is 26.6 Å². The molecule has 0 atom stereocenters. The van der Waals surface area contributed by atoms with Crippen molar-refractivity contribution < 1.29 is 18.0 Å². The molecule has 0 saturated heterocycles. The Balaban J connectivity index is 2.18. The van der Waals surface area contributed by atoms with Gasteiger partial charge < -0.3 is 10.6 Å². The maximum atomic E-state index is 11.9. The van der Waals surface area contributed by atoms with Gasteiger partial charge in [-0.15, -0.1) is 0 Å². The quantitative estimate of drug-likeness (QED) is 0.781. The van der Waals surface area contributed by atoms with Gasteiger partial charge in [0, 0.05) is 16.6 Å². The summed E-state index contributed by atoms with van der Waals surface area (Å²) in [4.78, 5) is 11.5. The molecule has 3 nitrogen and oxygen atoms in total. The molecule has 0 bridgehead atoms. The number of benzene rings is 1. The Morgan fingerprint density at radius 1 is 1.32 bits per heavy atom. The van der Waals surface area contributed by atoms with Crippen LogP contribution in [0.1, 0.15) is 12.8 Å². The van der Waals surface area contributed by atoms with E-state index >= 15 is 0 Å². The van der Waals surface area contributed by atoms with Gasteiger partial charge in [-0.2, -0.15) is 13.2 Å². The first-order valence-corrected chi connectivity index (χ1v) is 6.49. The molecular formula is C12H14BrF3N2O. The summed E-state index contributed by atoms with van der Waals surface area (Å²) in [6.45, 7) is 0.149. The average molecular weight is 339 g/mol. The van der Waals surface area contributed by atoms with E-state index in [1.807, 2.05) is 6.07 Å². The summed E-state index contributed by atoms with van der Waals surface area (Å²) < 4.78 is 36.4. The number of carbonyl (C=O) groups excluding carboxylic acids is 1. The van der Waals surface area contributed by atoms with Crippen LogP contribution in [0.15, 0.2) is 28.7 Å². The highest BCUT2D eigenvalue weighted by Crippen LogP contribution is 2.20. The van der Waals surface area contributed by atoms with Crippen molar-refractivity contribution in [3.63, 3.8) is 0 Å². The van der Waals surface area contributed by atoms with Crippen LogP contribution in [0.2, 0.25) is 0 Å². The predicted molar refractivity (Wildman–Crippen MR) is 70.9 cm³/mol. The van der Waals surface area contributed by atoms with Gasteiger partial charge in [0.25, 0.3) is 0 Å². The molecule has 0 aliphatic heterocycles. The third-order valence-corrected chi connectivity index (χ3v) is 2.70. The standard InChI is InChI=1S/C12H14BrF3N2O/c13-9-3-1-4-10(7-9)18-11(19)8-17-6-2-5-12(14,15)16/h1,3-4,7,17H,2,5-6,8H2,(H,18,19). The van der Waals surface area contributed by atoms with Crippen molar-refractivity contribution in [3.05, 3.63) is 28.7 Å². The van der Waals surface area contributed by atoms with Gasteiger partial charge in [0.2, 0.25) is 5.91 Å². The van der Waals surface area contributed by atoms with Crippen LogP contribution in [0.4, 0.5) is 18.9 Å².